The molecule has 4 nitrogen and oxygen atoms in total. The molecule has 0 saturated heterocycles. The molecule has 1 aromatic rings. The van der Waals surface area contributed by atoms with E-state index in [-0.39, 0.29) is 6.10 Å². The van der Waals surface area contributed by atoms with Gasteiger partial charge < -0.3 is 10.5 Å². The molecule has 0 amide bonds. The molecule has 0 aliphatic heterocycles. The lowest BCUT2D eigenvalue weighted by Gasteiger charge is -2.19. The van der Waals surface area contributed by atoms with Crippen LogP contribution in [-0.4, -0.2) is 22.6 Å². The molecule has 0 atom stereocenters. The van der Waals surface area contributed by atoms with E-state index in [0.29, 0.717) is 12.5 Å². The summed E-state index contributed by atoms with van der Waals surface area (Å²) in [5.41, 5.74) is 7.98. The maximum absolute atomic E-state index is 6.15. The van der Waals surface area contributed by atoms with Crippen molar-refractivity contribution in [1.29, 1.82) is 0 Å². The Hall–Kier alpha value is -1.16. The number of rotatable bonds is 8. The van der Waals surface area contributed by atoms with Crippen LogP contribution in [0.1, 0.15) is 69.5 Å². The summed E-state index contributed by atoms with van der Waals surface area (Å²) >= 11 is 0. The van der Waals surface area contributed by atoms with Gasteiger partial charge in [0.1, 0.15) is 5.82 Å². The van der Waals surface area contributed by atoms with Crippen LogP contribution in [0.5, 0.6) is 5.88 Å². The van der Waals surface area contributed by atoms with Gasteiger partial charge in [0.05, 0.1) is 11.8 Å². The van der Waals surface area contributed by atoms with E-state index in [2.05, 4.69) is 20.8 Å². The lowest BCUT2D eigenvalue weighted by molar-refractivity contribution is 0.181. The molecule has 1 aromatic heterocycles. The van der Waals surface area contributed by atoms with Crippen LogP contribution in [0.2, 0.25) is 0 Å². The first kappa shape index (κ1) is 15.2. The van der Waals surface area contributed by atoms with Crippen molar-refractivity contribution in [3.8, 4) is 5.88 Å². The molecule has 1 aliphatic rings. The Labute approximate surface area is 122 Å². The summed E-state index contributed by atoms with van der Waals surface area (Å²) in [5.74, 6) is 2.32. The Kier molecular flexibility index (Phi) is 5.35. The fourth-order valence-corrected chi connectivity index (χ4v) is 2.45. The highest BCUT2D eigenvalue weighted by Crippen LogP contribution is 2.39. The maximum atomic E-state index is 6.15. The first-order valence-corrected chi connectivity index (χ1v) is 7.99. The van der Waals surface area contributed by atoms with Crippen LogP contribution < -0.4 is 10.5 Å². The van der Waals surface area contributed by atoms with Crippen LogP contribution in [0.25, 0.3) is 0 Å². The average Bonchev–Trinajstić information content (AvgIpc) is 3.30. The van der Waals surface area contributed by atoms with Gasteiger partial charge in [0.2, 0.25) is 5.88 Å². The first-order chi connectivity index (χ1) is 9.73. The van der Waals surface area contributed by atoms with Gasteiger partial charge in [-0.25, -0.2) is 4.98 Å². The zero-order valence-corrected chi connectivity index (χ0v) is 13.0. The third-order valence-corrected chi connectivity index (χ3v) is 3.93. The zero-order chi connectivity index (χ0) is 14.5. The third-order valence-electron chi connectivity index (χ3n) is 3.93. The molecule has 4 heteroatoms. The largest absolute Gasteiger partial charge is 0.474 e. The summed E-state index contributed by atoms with van der Waals surface area (Å²) in [4.78, 5) is 9.45. The molecule has 2 rings (SSSR count). The van der Waals surface area contributed by atoms with E-state index in [9.17, 15) is 0 Å². The topological polar surface area (TPSA) is 61.0 Å². The van der Waals surface area contributed by atoms with Gasteiger partial charge in [-0.15, -0.1) is 0 Å². The second-order valence-electron chi connectivity index (χ2n) is 5.54. The van der Waals surface area contributed by atoms with Crippen LogP contribution in [0.3, 0.4) is 0 Å². The number of nitrogens with zero attached hydrogens (tertiary/aromatic N) is 2. The van der Waals surface area contributed by atoms with E-state index < -0.39 is 0 Å². The summed E-state index contributed by atoms with van der Waals surface area (Å²) in [5, 5.41) is 0. The second-order valence-corrected chi connectivity index (χ2v) is 5.54. The highest BCUT2D eigenvalue weighted by molar-refractivity contribution is 5.33. The minimum absolute atomic E-state index is 0.234. The monoisotopic (exact) mass is 277 g/mol. The predicted molar refractivity (Wildman–Crippen MR) is 81.1 cm³/mol. The highest BCUT2D eigenvalue weighted by atomic mass is 16.5. The number of aryl methyl sites for hydroxylation is 1. The number of hydrogen-bond acceptors (Lipinski definition) is 4. The Balaban J connectivity index is 2.35. The van der Waals surface area contributed by atoms with Crippen LogP contribution in [0.4, 0.5) is 0 Å². The minimum Gasteiger partial charge on any atom is -0.474 e. The molecule has 1 fully saturated rings. The molecule has 0 aromatic carbocycles. The normalized spacial score (nSPS) is 14.8. The Morgan fingerprint density at radius 3 is 2.40 bits per heavy atom. The Bertz CT molecular complexity index is 440. The summed E-state index contributed by atoms with van der Waals surface area (Å²) in [6, 6.07) is 0. The molecule has 112 valence electrons. The molecule has 2 N–H and O–H groups in total. The number of ether oxygens (including phenoxy) is 1. The molecule has 0 spiro atoms. The summed E-state index contributed by atoms with van der Waals surface area (Å²) in [6.45, 7) is 7.05. The SMILES string of the molecule is CCc1nc(C2CC2)nc(OC(CC)CC)c1CCN. The molecule has 20 heavy (non-hydrogen) atoms. The Morgan fingerprint density at radius 2 is 1.90 bits per heavy atom. The van der Waals surface area contributed by atoms with Gasteiger partial charge in [-0.2, -0.15) is 4.98 Å². The Morgan fingerprint density at radius 1 is 1.20 bits per heavy atom. The molecule has 0 unspecified atom stereocenters. The van der Waals surface area contributed by atoms with E-state index in [1.807, 2.05) is 0 Å². The first-order valence-electron chi connectivity index (χ1n) is 7.99. The highest BCUT2D eigenvalue weighted by Gasteiger charge is 2.29. The van der Waals surface area contributed by atoms with Gasteiger partial charge in [-0.3, -0.25) is 0 Å². The number of nitrogens with two attached hydrogens (primary N) is 1. The summed E-state index contributed by atoms with van der Waals surface area (Å²) in [6.07, 6.45) is 6.37. The van der Waals surface area contributed by atoms with Crippen molar-refractivity contribution < 1.29 is 4.74 Å². The van der Waals surface area contributed by atoms with Crippen molar-refractivity contribution in [1.82, 2.24) is 9.97 Å². The van der Waals surface area contributed by atoms with Crippen molar-refractivity contribution in [2.45, 2.75) is 71.3 Å². The van der Waals surface area contributed by atoms with Crippen LogP contribution in [0.15, 0.2) is 0 Å². The fourth-order valence-electron chi connectivity index (χ4n) is 2.45. The lowest BCUT2D eigenvalue weighted by atomic mass is 10.1. The predicted octanol–water partition coefficient (Wildman–Crippen LogP) is 2.99. The fraction of sp³-hybridized carbons (Fsp3) is 0.750. The molecule has 1 aliphatic carbocycles. The molecule has 1 saturated carbocycles. The molecular weight excluding hydrogens is 250 g/mol. The molecule has 0 radical (unpaired) electrons. The number of hydrogen-bond donors (Lipinski definition) is 1. The van der Waals surface area contributed by atoms with Gasteiger partial charge in [0.25, 0.3) is 0 Å². The van der Waals surface area contributed by atoms with Crippen LogP contribution >= 0.6 is 0 Å². The zero-order valence-electron chi connectivity index (χ0n) is 13.0. The summed E-state index contributed by atoms with van der Waals surface area (Å²) < 4.78 is 6.15. The average molecular weight is 277 g/mol. The number of aromatic nitrogens is 2. The lowest BCUT2D eigenvalue weighted by Crippen LogP contribution is -2.19. The molecule has 1 heterocycles. The third kappa shape index (κ3) is 3.48. The van der Waals surface area contributed by atoms with Crippen molar-refractivity contribution in [2.24, 2.45) is 5.73 Å². The van der Waals surface area contributed by atoms with Gasteiger partial charge in [-0.1, -0.05) is 20.8 Å². The smallest absolute Gasteiger partial charge is 0.220 e. The van der Waals surface area contributed by atoms with E-state index in [4.69, 9.17) is 20.4 Å². The van der Waals surface area contributed by atoms with Crippen LogP contribution in [-0.2, 0) is 12.8 Å². The second kappa shape index (κ2) is 7.02. The maximum Gasteiger partial charge on any atom is 0.220 e. The van der Waals surface area contributed by atoms with Gasteiger partial charge >= 0.3 is 0 Å². The molecular formula is C16H27N3O. The van der Waals surface area contributed by atoms with E-state index in [0.717, 1.165) is 48.6 Å². The molecule has 0 bridgehead atoms. The van der Waals surface area contributed by atoms with Crippen molar-refractivity contribution >= 4 is 0 Å². The quantitative estimate of drug-likeness (QED) is 0.793. The van der Waals surface area contributed by atoms with Gasteiger partial charge in [0.15, 0.2) is 0 Å². The van der Waals surface area contributed by atoms with E-state index >= 15 is 0 Å². The van der Waals surface area contributed by atoms with E-state index in [1.54, 1.807) is 0 Å². The summed E-state index contributed by atoms with van der Waals surface area (Å²) in [7, 11) is 0. The van der Waals surface area contributed by atoms with Crippen molar-refractivity contribution in [3.05, 3.63) is 17.1 Å². The van der Waals surface area contributed by atoms with Crippen LogP contribution in [0, 0.1) is 0 Å². The standard InChI is InChI=1S/C16H27N3O/c1-4-12(5-2)20-16-13(9-10-17)14(6-3)18-15(19-16)11-7-8-11/h11-12H,4-10,17H2,1-3H3. The van der Waals surface area contributed by atoms with Crippen molar-refractivity contribution in [2.75, 3.05) is 6.54 Å². The van der Waals surface area contributed by atoms with E-state index in [1.165, 1.54) is 12.8 Å². The van der Waals surface area contributed by atoms with Gasteiger partial charge in [-0.05, 0) is 45.1 Å². The minimum atomic E-state index is 0.234. The van der Waals surface area contributed by atoms with Gasteiger partial charge in [0, 0.05) is 11.5 Å². The van der Waals surface area contributed by atoms with Crippen molar-refractivity contribution in [3.63, 3.8) is 0 Å².